The monoisotopic (exact) mass is 541 g/mol. The molecule has 0 aromatic rings. The Morgan fingerprint density at radius 1 is 0.711 bits per heavy atom. The first-order chi connectivity index (χ1) is 18.2. The fourth-order valence-electron chi connectivity index (χ4n) is 4.60. The Morgan fingerprint density at radius 2 is 1.18 bits per heavy atom. The highest BCUT2D eigenvalue weighted by Gasteiger charge is 2.12. The summed E-state index contributed by atoms with van der Waals surface area (Å²) in [6.07, 6.45) is 18.2. The van der Waals surface area contributed by atoms with Gasteiger partial charge >= 0.3 is 5.97 Å². The first kappa shape index (κ1) is 36.8. The van der Waals surface area contributed by atoms with Gasteiger partial charge < -0.3 is 25.4 Å². The lowest BCUT2D eigenvalue weighted by atomic mass is 10.0. The van der Waals surface area contributed by atoms with Crippen molar-refractivity contribution in [3.8, 4) is 0 Å². The van der Waals surface area contributed by atoms with E-state index in [2.05, 4.69) is 37.9 Å². The molecule has 1 amide bonds. The van der Waals surface area contributed by atoms with E-state index in [4.69, 9.17) is 15.2 Å². The van der Waals surface area contributed by atoms with Crippen molar-refractivity contribution in [2.24, 2.45) is 17.6 Å². The second kappa shape index (κ2) is 26.1. The number of esters is 1. The van der Waals surface area contributed by atoms with Crippen LogP contribution in [0.4, 0.5) is 0 Å². The Morgan fingerprint density at radius 3 is 1.66 bits per heavy atom. The van der Waals surface area contributed by atoms with Crippen molar-refractivity contribution in [2.75, 3.05) is 40.0 Å². The van der Waals surface area contributed by atoms with Gasteiger partial charge in [-0.3, -0.25) is 9.59 Å². The van der Waals surface area contributed by atoms with Gasteiger partial charge in [0.1, 0.15) is 12.8 Å². The molecule has 0 aliphatic heterocycles. The predicted octanol–water partition coefficient (Wildman–Crippen LogP) is 6.43. The van der Waals surface area contributed by atoms with E-state index in [1.807, 2.05) is 0 Å². The van der Waals surface area contributed by atoms with Crippen molar-refractivity contribution in [1.29, 1.82) is 0 Å². The third-order valence-electron chi connectivity index (χ3n) is 6.93. The number of unbranched alkanes of at least 4 members (excludes halogenated alkanes) is 10. The molecule has 0 bridgehead atoms. The highest BCUT2D eigenvalue weighted by Crippen LogP contribution is 2.13. The Kier molecular flexibility index (Phi) is 25.3. The van der Waals surface area contributed by atoms with Crippen LogP contribution in [0.1, 0.15) is 130 Å². The molecule has 38 heavy (non-hydrogen) atoms. The highest BCUT2D eigenvalue weighted by molar-refractivity contribution is 5.77. The maximum absolute atomic E-state index is 12.3. The van der Waals surface area contributed by atoms with Crippen molar-refractivity contribution in [3.63, 3.8) is 0 Å². The number of carbonyl (C=O) groups excluding carboxylic acids is 2. The van der Waals surface area contributed by atoms with Crippen LogP contribution in [0, 0.1) is 11.8 Å². The molecule has 0 fully saturated rings. The molecule has 0 aromatic heterocycles. The van der Waals surface area contributed by atoms with E-state index in [0.717, 1.165) is 31.5 Å². The minimum atomic E-state index is -0.545. The summed E-state index contributed by atoms with van der Waals surface area (Å²) in [5.41, 5.74) is 5.71. The van der Waals surface area contributed by atoms with E-state index in [1.54, 1.807) is 0 Å². The lowest BCUT2D eigenvalue weighted by Gasteiger charge is -2.22. The summed E-state index contributed by atoms with van der Waals surface area (Å²) < 4.78 is 10.2. The predicted molar refractivity (Wildman–Crippen MR) is 159 cm³/mol. The Hall–Kier alpha value is -1.18. The third-order valence-corrected chi connectivity index (χ3v) is 6.93. The van der Waals surface area contributed by atoms with Gasteiger partial charge in [0, 0.05) is 13.7 Å². The molecule has 1 atom stereocenters. The fraction of sp³-hybridized carbons (Fsp3) is 0.935. The standard InChI is InChI=1S/C31H63N3O4/c1-27(2)18-14-10-6-8-12-16-22-34(23-17-13-9-7-11-15-19-28(3)4)24-20-31(36)38-25-21-30(35)33-29(32)26-37-5/h27-29H,6-26,32H2,1-5H3,(H,33,35). The van der Waals surface area contributed by atoms with Crippen LogP contribution >= 0.6 is 0 Å². The molecule has 226 valence electrons. The fourth-order valence-corrected chi connectivity index (χ4v) is 4.60. The van der Waals surface area contributed by atoms with E-state index < -0.39 is 6.17 Å². The van der Waals surface area contributed by atoms with E-state index in [0.29, 0.717) is 6.42 Å². The molecule has 0 heterocycles. The molecule has 7 heteroatoms. The van der Waals surface area contributed by atoms with Crippen molar-refractivity contribution >= 4 is 11.9 Å². The Balaban J connectivity index is 4.22. The van der Waals surface area contributed by atoms with Crippen LogP contribution in [0.5, 0.6) is 0 Å². The van der Waals surface area contributed by atoms with Gasteiger partial charge in [0.2, 0.25) is 5.91 Å². The summed E-state index contributed by atoms with van der Waals surface area (Å²) in [5.74, 6) is 1.15. The number of ether oxygens (including phenoxy) is 2. The normalized spacial score (nSPS) is 12.4. The number of hydrogen-bond acceptors (Lipinski definition) is 6. The SMILES string of the molecule is COCC(N)NC(=O)CCOC(=O)CCN(CCCCCCCCC(C)C)CCCCCCCCC(C)C. The van der Waals surface area contributed by atoms with Gasteiger partial charge in [0.05, 0.1) is 19.4 Å². The molecule has 0 saturated heterocycles. The summed E-state index contributed by atoms with van der Waals surface area (Å²) in [6.45, 7) is 12.4. The average molecular weight is 542 g/mol. The first-order valence-corrected chi connectivity index (χ1v) is 15.7. The molecule has 3 N–H and O–H groups in total. The zero-order chi connectivity index (χ0) is 28.4. The van der Waals surface area contributed by atoms with Gasteiger partial charge in [-0.05, 0) is 37.8 Å². The number of nitrogens with two attached hydrogens (primary N) is 1. The molecular weight excluding hydrogens is 478 g/mol. The molecule has 7 nitrogen and oxygen atoms in total. The smallest absolute Gasteiger partial charge is 0.307 e. The minimum Gasteiger partial charge on any atom is -0.465 e. The van der Waals surface area contributed by atoms with E-state index in [9.17, 15) is 9.59 Å². The van der Waals surface area contributed by atoms with Crippen LogP contribution < -0.4 is 11.1 Å². The number of hydrogen-bond donors (Lipinski definition) is 2. The molecule has 0 radical (unpaired) electrons. The third kappa shape index (κ3) is 26.4. The second-order valence-corrected chi connectivity index (χ2v) is 11.8. The van der Waals surface area contributed by atoms with E-state index in [-0.39, 0.29) is 31.5 Å². The molecule has 0 aliphatic rings. The molecule has 0 aliphatic carbocycles. The number of nitrogens with one attached hydrogen (secondary N) is 1. The summed E-state index contributed by atoms with van der Waals surface area (Å²) in [6, 6.07) is 0. The largest absolute Gasteiger partial charge is 0.465 e. The zero-order valence-corrected chi connectivity index (χ0v) is 25.7. The Bertz CT molecular complexity index is 533. The summed E-state index contributed by atoms with van der Waals surface area (Å²) in [4.78, 5) is 26.6. The second-order valence-electron chi connectivity index (χ2n) is 11.8. The van der Waals surface area contributed by atoms with Gasteiger partial charge in [-0.1, -0.05) is 105 Å². The van der Waals surface area contributed by atoms with Gasteiger partial charge in [-0.25, -0.2) is 0 Å². The molecule has 0 spiro atoms. The van der Waals surface area contributed by atoms with Crippen LogP contribution in [-0.2, 0) is 19.1 Å². The first-order valence-electron chi connectivity index (χ1n) is 15.7. The number of methoxy groups -OCH3 is 1. The highest BCUT2D eigenvalue weighted by atomic mass is 16.5. The van der Waals surface area contributed by atoms with Crippen LogP contribution in [0.15, 0.2) is 0 Å². The number of rotatable bonds is 27. The van der Waals surface area contributed by atoms with Gasteiger partial charge in [-0.15, -0.1) is 0 Å². The summed E-state index contributed by atoms with van der Waals surface area (Å²) >= 11 is 0. The van der Waals surface area contributed by atoms with E-state index in [1.165, 1.54) is 97.0 Å². The average Bonchev–Trinajstić information content (AvgIpc) is 2.84. The van der Waals surface area contributed by atoms with Crippen molar-refractivity contribution in [3.05, 3.63) is 0 Å². The number of amides is 1. The van der Waals surface area contributed by atoms with E-state index >= 15 is 0 Å². The van der Waals surface area contributed by atoms with Crippen molar-refractivity contribution in [1.82, 2.24) is 10.2 Å². The topological polar surface area (TPSA) is 93.9 Å². The molecular formula is C31H63N3O4. The quantitative estimate of drug-likeness (QED) is 0.0707. The van der Waals surface area contributed by atoms with Crippen LogP contribution in [0.3, 0.4) is 0 Å². The maximum atomic E-state index is 12.3. The Labute approximate surface area is 235 Å². The van der Waals surface area contributed by atoms with Gasteiger partial charge in [0.15, 0.2) is 0 Å². The van der Waals surface area contributed by atoms with Gasteiger partial charge in [0.25, 0.3) is 0 Å². The molecule has 1 unspecified atom stereocenters. The molecule has 0 saturated carbocycles. The van der Waals surface area contributed by atoms with Crippen molar-refractivity contribution in [2.45, 2.75) is 137 Å². The summed E-state index contributed by atoms with van der Waals surface area (Å²) in [5, 5.41) is 2.62. The number of nitrogens with zero attached hydrogens (tertiary/aromatic N) is 1. The maximum Gasteiger partial charge on any atom is 0.307 e. The number of carbonyl (C=O) groups is 2. The van der Waals surface area contributed by atoms with Crippen LogP contribution in [0.25, 0.3) is 0 Å². The van der Waals surface area contributed by atoms with Crippen LogP contribution in [0.2, 0.25) is 0 Å². The summed E-state index contributed by atoms with van der Waals surface area (Å²) in [7, 11) is 1.53. The van der Waals surface area contributed by atoms with Crippen LogP contribution in [-0.4, -0.2) is 62.9 Å². The lowest BCUT2D eigenvalue weighted by molar-refractivity contribution is -0.144. The molecule has 0 rings (SSSR count). The lowest BCUT2D eigenvalue weighted by Crippen LogP contribution is -2.44. The van der Waals surface area contributed by atoms with Gasteiger partial charge in [-0.2, -0.15) is 0 Å². The zero-order valence-electron chi connectivity index (χ0n) is 25.7. The minimum absolute atomic E-state index is 0.0813. The van der Waals surface area contributed by atoms with Crippen molar-refractivity contribution < 1.29 is 19.1 Å². The molecule has 0 aromatic carbocycles.